The lowest BCUT2D eigenvalue weighted by atomic mass is 10.1. The zero-order chi connectivity index (χ0) is 18.7. The van der Waals surface area contributed by atoms with Gasteiger partial charge in [-0.1, -0.05) is 19.1 Å². The molecule has 0 aliphatic carbocycles. The Morgan fingerprint density at radius 3 is 2.85 bits per heavy atom. The molecule has 7 heteroatoms. The van der Waals surface area contributed by atoms with Crippen molar-refractivity contribution in [3.8, 4) is 0 Å². The monoisotopic (exact) mass is 373 g/mol. The van der Waals surface area contributed by atoms with Crippen LogP contribution in [0.3, 0.4) is 0 Å². The second-order valence-corrected chi connectivity index (χ2v) is 7.62. The van der Waals surface area contributed by atoms with Crippen LogP contribution >= 0.6 is 11.8 Å². The van der Waals surface area contributed by atoms with Gasteiger partial charge in [0.1, 0.15) is 5.82 Å². The van der Waals surface area contributed by atoms with Gasteiger partial charge in [-0.15, -0.1) is 11.8 Å². The van der Waals surface area contributed by atoms with E-state index < -0.39 is 11.7 Å². The average Bonchev–Trinajstić information content (AvgIpc) is 2.78. The molecule has 1 aliphatic heterocycles. The van der Waals surface area contributed by atoms with Crippen molar-refractivity contribution >= 4 is 35.0 Å². The first-order chi connectivity index (χ1) is 12.5. The number of para-hydroxylation sites is 1. The molecule has 1 heterocycles. The fraction of sp³-hybridized carbons (Fsp3) is 0.263. The summed E-state index contributed by atoms with van der Waals surface area (Å²) in [7, 11) is 0. The number of rotatable bonds is 4. The van der Waals surface area contributed by atoms with E-state index in [0.29, 0.717) is 17.5 Å². The number of fused-ring (bicyclic) bond motifs is 1. The number of hydrogen-bond acceptors (Lipinski definition) is 4. The van der Waals surface area contributed by atoms with Crippen molar-refractivity contribution in [1.29, 1.82) is 0 Å². The molecular weight excluding hydrogens is 353 g/mol. The number of halogens is 1. The van der Waals surface area contributed by atoms with Gasteiger partial charge in [-0.05, 0) is 36.8 Å². The number of anilines is 2. The first-order valence-electron chi connectivity index (χ1n) is 8.35. The van der Waals surface area contributed by atoms with Crippen LogP contribution in [-0.4, -0.2) is 30.2 Å². The van der Waals surface area contributed by atoms with Crippen molar-refractivity contribution in [3.63, 3.8) is 0 Å². The second-order valence-electron chi connectivity index (χ2n) is 6.14. The molecular formula is C19H20FN3O2S. The summed E-state index contributed by atoms with van der Waals surface area (Å²) in [6.45, 7) is 2.83. The Balaban J connectivity index is 1.74. The average molecular weight is 373 g/mol. The van der Waals surface area contributed by atoms with Crippen LogP contribution in [0, 0.1) is 5.82 Å². The third-order valence-electron chi connectivity index (χ3n) is 4.22. The molecule has 3 N–H and O–H groups in total. The fourth-order valence-electron chi connectivity index (χ4n) is 2.84. The van der Waals surface area contributed by atoms with Gasteiger partial charge < -0.3 is 16.0 Å². The summed E-state index contributed by atoms with van der Waals surface area (Å²) in [6.07, 6.45) is 0.896. The molecule has 3 rings (SSSR count). The van der Waals surface area contributed by atoms with Crippen LogP contribution in [0.5, 0.6) is 0 Å². The molecule has 26 heavy (non-hydrogen) atoms. The Labute approximate surface area is 155 Å². The van der Waals surface area contributed by atoms with E-state index in [1.807, 2.05) is 24.3 Å². The Morgan fingerprint density at radius 2 is 2.08 bits per heavy atom. The van der Waals surface area contributed by atoms with E-state index in [1.54, 1.807) is 16.7 Å². The molecule has 1 aliphatic rings. The van der Waals surface area contributed by atoms with Gasteiger partial charge in [-0.3, -0.25) is 9.59 Å². The van der Waals surface area contributed by atoms with Gasteiger partial charge in [0.2, 0.25) is 5.91 Å². The van der Waals surface area contributed by atoms with Crippen LogP contribution in [0.4, 0.5) is 15.8 Å². The van der Waals surface area contributed by atoms with E-state index >= 15 is 0 Å². The minimum absolute atomic E-state index is 0.0389. The molecule has 136 valence electrons. The van der Waals surface area contributed by atoms with Crippen molar-refractivity contribution in [2.75, 3.05) is 23.3 Å². The van der Waals surface area contributed by atoms with Gasteiger partial charge in [-0.2, -0.15) is 0 Å². The molecule has 0 saturated heterocycles. The normalized spacial score (nSPS) is 16.5. The van der Waals surface area contributed by atoms with E-state index in [-0.39, 0.29) is 18.0 Å². The summed E-state index contributed by atoms with van der Waals surface area (Å²) < 4.78 is 13.6. The lowest BCUT2D eigenvalue weighted by Gasteiger charge is -2.23. The summed E-state index contributed by atoms with van der Waals surface area (Å²) in [5, 5.41) is 3.38. The van der Waals surface area contributed by atoms with E-state index in [1.165, 1.54) is 12.1 Å². The number of nitrogens with one attached hydrogen (secondary N) is 1. The quantitative estimate of drug-likeness (QED) is 0.863. The Morgan fingerprint density at radius 1 is 1.31 bits per heavy atom. The number of nitrogens with zero attached hydrogens (tertiary/aromatic N) is 1. The topological polar surface area (TPSA) is 75.4 Å². The maximum Gasteiger partial charge on any atom is 0.251 e. The number of amides is 2. The van der Waals surface area contributed by atoms with E-state index in [9.17, 15) is 14.0 Å². The highest BCUT2D eigenvalue weighted by atomic mass is 32.2. The minimum atomic E-state index is -0.843. The van der Waals surface area contributed by atoms with Crippen molar-refractivity contribution in [2.24, 2.45) is 5.73 Å². The van der Waals surface area contributed by atoms with Gasteiger partial charge in [-0.25, -0.2) is 4.39 Å². The molecule has 1 atom stereocenters. The minimum Gasteiger partial charge on any atom is -0.376 e. The van der Waals surface area contributed by atoms with E-state index in [0.717, 1.165) is 23.1 Å². The molecule has 0 saturated carbocycles. The molecule has 0 radical (unpaired) electrons. The number of primary amides is 1. The second kappa shape index (κ2) is 7.78. The number of carbonyl (C=O) groups excluding carboxylic acids is 2. The number of carbonyl (C=O) groups is 2. The molecule has 0 bridgehead atoms. The molecule has 0 spiro atoms. The Hall–Kier alpha value is -2.54. The lowest BCUT2D eigenvalue weighted by Crippen LogP contribution is -2.36. The van der Waals surface area contributed by atoms with Crippen LogP contribution in [-0.2, 0) is 4.79 Å². The molecule has 0 unspecified atom stereocenters. The highest BCUT2D eigenvalue weighted by molar-refractivity contribution is 8.00. The van der Waals surface area contributed by atoms with Gasteiger partial charge in [0.05, 0.1) is 17.8 Å². The van der Waals surface area contributed by atoms with E-state index in [2.05, 4.69) is 12.2 Å². The summed E-state index contributed by atoms with van der Waals surface area (Å²) in [4.78, 5) is 26.9. The maximum atomic E-state index is 13.6. The molecule has 2 amide bonds. The van der Waals surface area contributed by atoms with E-state index in [4.69, 9.17) is 5.73 Å². The Bertz CT molecular complexity index is 843. The lowest BCUT2D eigenvalue weighted by molar-refractivity contribution is -0.117. The standard InChI is InChI=1S/C19H20FN3O2S/c1-12-8-9-23(16-4-2-3-5-17(16)26-12)18(24)11-22-13-6-7-15(20)14(10-13)19(21)25/h2-7,10,12,22H,8-9,11H2,1H3,(H2,21,25)/t12-/m1/s1. The highest BCUT2D eigenvalue weighted by Gasteiger charge is 2.23. The van der Waals surface area contributed by atoms with Crippen LogP contribution in [0.1, 0.15) is 23.7 Å². The summed E-state index contributed by atoms with van der Waals surface area (Å²) in [5.41, 5.74) is 6.33. The van der Waals surface area contributed by atoms with Gasteiger partial charge in [0.15, 0.2) is 0 Å². The first-order valence-corrected chi connectivity index (χ1v) is 9.23. The highest BCUT2D eigenvalue weighted by Crippen LogP contribution is 2.37. The van der Waals surface area contributed by atoms with Crippen LogP contribution < -0.4 is 16.0 Å². The smallest absolute Gasteiger partial charge is 0.251 e. The number of nitrogens with two attached hydrogens (primary N) is 1. The van der Waals surface area contributed by atoms with Crippen molar-refractivity contribution < 1.29 is 14.0 Å². The van der Waals surface area contributed by atoms with Crippen molar-refractivity contribution in [2.45, 2.75) is 23.5 Å². The first kappa shape index (κ1) is 18.3. The fourth-order valence-corrected chi connectivity index (χ4v) is 3.96. The third-order valence-corrected chi connectivity index (χ3v) is 5.46. The number of benzene rings is 2. The van der Waals surface area contributed by atoms with Gasteiger partial charge in [0.25, 0.3) is 5.91 Å². The van der Waals surface area contributed by atoms with Crippen molar-refractivity contribution in [3.05, 3.63) is 53.8 Å². The summed E-state index contributed by atoms with van der Waals surface area (Å²) in [6, 6.07) is 11.8. The van der Waals surface area contributed by atoms with Gasteiger partial charge in [0, 0.05) is 22.4 Å². The predicted octanol–water partition coefficient (Wildman–Crippen LogP) is 3.25. The van der Waals surface area contributed by atoms with Crippen molar-refractivity contribution in [1.82, 2.24) is 0 Å². The predicted molar refractivity (Wildman–Crippen MR) is 102 cm³/mol. The third kappa shape index (κ3) is 3.99. The molecule has 0 fully saturated rings. The summed E-state index contributed by atoms with van der Waals surface area (Å²) >= 11 is 1.77. The zero-order valence-corrected chi connectivity index (χ0v) is 15.2. The number of thioether (sulfide) groups is 1. The number of hydrogen-bond donors (Lipinski definition) is 2. The maximum absolute atomic E-state index is 13.6. The summed E-state index contributed by atoms with van der Waals surface area (Å²) in [5.74, 6) is -1.61. The molecule has 5 nitrogen and oxygen atoms in total. The molecule has 2 aromatic rings. The SMILES string of the molecule is C[C@@H]1CCN(C(=O)CNc2ccc(F)c(C(N)=O)c2)c2ccccc2S1. The molecule has 2 aromatic carbocycles. The Kier molecular flexibility index (Phi) is 5.46. The zero-order valence-electron chi connectivity index (χ0n) is 14.4. The van der Waals surface area contributed by atoms with Crippen LogP contribution in [0.25, 0.3) is 0 Å². The van der Waals surface area contributed by atoms with Gasteiger partial charge >= 0.3 is 0 Å². The molecule has 0 aromatic heterocycles. The van der Waals surface area contributed by atoms with Crippen LogP contribution in [0.2, 0.25) is 0 Å². The van der Waals surface area contributed by atoms with Crippen LogP contribution in [0.15, 0.2) is 47.4 Å². The largest absolute Gasteiger partial charge is 0.376 e.